The van der Waals surface area contributed by atoms with Gasteiger partial charge in [-0.05, 0) is 12.1 Å². The van der Waals surface area contributed by atoms with Crippen molar-refractivity contribution < 1.29 is 18.3 Å². The summed E-state index contributed by atoms with van der Waals surface area (Å²) in [6, 6.07) is 3.62. The Morgan fingerprint density at radius 3 is 2.88 bits per heavy atom. The van der Waals surface area contributed by atoms with Crippen molar-refractivity contribution in [2.75, 3.05) is 12.8 Å². The molecule has 1 aliphatic heterocycles. The lowest BCUT2D eigenvalue weighted by molar-refractivity contribution is -0.137. The highest BCUT2D eigenvalue weighted by Gasteiger charge is 2.24. The minimum Gasteiger partial charge on any atom is -0.480 e. The zero-order chi connectivity index (χ0) is 18.2. The van der Waals surface area contributed by atoms with Gasteiger partial charge in [0, 0.05) is 44.2 Å². The van der Waals surface area contributed by atoms with Crippen LogP contribution >= 0.6 is 0 Å². The number of aromatic amines is 1. The number of rotatable bonds is 5. The predicted octanol–water partition coefficient (Wildman–Crippen LogP) is -0.382. The van der Waals surface area contributed by atoms with E-state index in [1.165, 1.54) is 0 Å². The third kappa shape index (κ3) is 3.80. The molecule has 9 nitrogen and oxygen atoms in total. The standard InChI is InChI=1S/C15H18N4O5S/c1-25(23,24)15-16-12-4-6-18(8-11(12)14(22)17-15)7-10-3-2-5-19(10)9-13(20)21/h2-3,5H,4,6-9H2,1H3,(H,20,21)(H,16,17,22). The normalized spacial score (nSPS) is 15.1. The first-order chi connectivity index (χ1) is 11.7. The molecule has 0 spiro atoms. The van der Waals surface area contributed by atoms with Crippen molar-refractivity contribution in [2.24, 2.45) is 0 Å². The maximum Gasteiger partial charge on any atom is 0.323 e. The number of carboxylic acids is 1. The summed E-state index contributed by atoms with van der Waals surface area (Å²) in [5, 5.41) is 8.63. The van der Waals surface area contributed by atoms with E-state index in [1.54, 1.807) is 16.8 Å². The molecule has 25 heavy (non-hydrogen) atoms. The van der Waals surface area contributed by atoms with E-state index in [4.69, 9.17) is 5.11 Å². The Kier molecular flexibility index (Phi) is 4.48. The smallest absolute Gasteiger partial charge is 0.323 e. The number of nitrogens with zero attached hydrogens (tertiary/aromatic N) is 3. The molecule has 2 N–H and O–H groups in total. The Balaban J connectivity index is 1.82. The molecule has 0 unspecified atom stereocenters. The van der Waals surface area contributed by atoms with Gasteiger partial charge < -0.3 is 9.67 Å². The molecule has 10 heteroatoms. The molecule has 3 rings (SSSR count). The van der Waals surface area contributed by atoms with Gasteiger partial charge in [0.15, 0.2) is 0 Å². The van der Waals surface area contributed by atoms with Crippen molar-refractivity contribution in [1.29, 1.82) is 0 Å². The van der Waals surface area contributed by atoms with Gasteiger partial charge in [-0.3, -0.25) is 19.5 Å². The number of fused-ring (bicyclic) bond motifs is 1. The number of hydrogen-bond donors (Lipinski definition) is 2. The van der Waals surface area contributed by atoms with Crippen LogP contribution < -0.4 is 5.56 Å². The van der Waals surface area contributed by atoms with E-state index in [-0.39, 0.29) is 11.7 Å². The fraction of sp³-hybridized carbons (Fsp3) is 0.400. The molecular weight excluding hydrogens is 348 g/mol. The third-order valence-corrected chi connectivity index (χ3v) is 4.99. The van der Waals surface area contributed by atoms with Gasteiger partial charge in [-0.15, -0.1) is 0 Å². The molecular formula is C15H18N4O5S. The number of nitrogens with one attached hydrogen (secondary N) is 1. The number of aromatic nitrogens is 3. The number of aliphatic carboxylic acids is 1. The minimum absolute atomic E-state index is 0.118. The Morgan fingerprint density at radius 2 is 2.20 bits per heavy atom. The Labute approximate surface area is 143 Å². The molecule has 0 aromatic carbocycles. The zero-order valence-electron chi connectivity index (χ0n) is 13.6. The van der Waals surface area contributed by atoms with Crippen LogP contribution in [0.3, 0.4) is 0 Å². The lowest BCUT2D eigenvalue weighted by atomic mass is 10.1. The summed E-state index contributed by atoms with van der Waals surface area (Å²) in [5.74, 6) is -0.921. The van der Waals surface area contributed by atoms with E-state index >= 15 is 0 Å². The molecule has 0 saturated carbocycles. The van der Waals surface area contributed by atoms with Crippen LogP contribution in [0.4, 0.5) is 0 Å². The third-order valence-electron chi connectivity index (χ3n) is 4.09. The van der Waals surface area contributed by atoms with E-state index in [9.17, 15) is 18.0 Å². The summed E-state index contributed by atoms with van der Waals surface area (Å²) in [5.41, 5.74) is 1.34. The molecule has 134 valence electrons. The average molecular weight is 366 g/mol. The topological polar surface area (TPSA) is 125 Å². The van der Waals surface area contributed by atoms with Crippen LogP contribution in [0.25, 0.3) is 0 Å². The van der Waals surface area contributed by atoms with Crippen molar-refractivity contribution >= 4 is 15.8 Å². The van der Waals surface area contributed by atoms with Crippen molar-refractivity contribution in [3.63, 3.8) is 0 Å². The van der Waals surface area contributed by atoms with Gasteiger partial charge in [0.1, 0.15) is 6.54 Å². The van der Waals surface area contributed by atoms with Crippen LogP contribution in [-0.2, 0) is 40.7 Å². The summed E-state index contributed by atoms with van der Waals surface area (Å²) in [7, 11) is -3.57. The first kappa shape index (κ1) is 17.4. The molecule has 3 heterocycles. The Morgan fingerprint density at radius 1 is 1.44 bits per heavy atom. The van der Waals surface area contributed by atoms with Crippen LogP contribution in [0.5, 0.6) is 0 Å². The van der Waals surface area contributed by atoms with Gasteiger partial charge in [-0.2, -0.15) is 0 Å². The summed E-state index contributed by atoms with van der Waals surface area (Å²) < 4.78 is 24.8. The molecule has 0 atom stereocenters. The van der Waals surface area contributed by atoms with Gasteiger partial charge in [-0.1, -0.05) is 0 Å². The lowest BCUT2D eigenvalue weighted by Gasteiger charge is -2.27. The molecule has 0 aliphatic carbocycles. The lowest BCUT2D eigenvalue weighted by Crippen LogP contribution is -2.36. The monoisotopic (exact) mass is 366 g/mol. The van der Waals surface area contributed by atoms with Gasteiger partial charge in [0.2, 0.25) is 15.0 Å². The van der Waals surface area contributed by atoms with Crippen molar-refractivity contribution in [3.8, 4) is 0 Å². The molecule has 0 saturated heterocycles. The van der Waals surface area contributed by atoms with Crippen LogP contribution in [0.2, 0.25) is 0 Å². The van der Waals surface area contributed by atoms with Crippen LogP contribution in [0.15, 0.2) is 28.3 Å². The quantitative estimate of drug-likeness (QED) is 0.691. The van der Waals surface area contributed by atoms with E-state index in [2.05, 4.69) is 9.97 Å². The van der Waals surface area contributed by atoms with Gasteiger partial charge in [0.25, 0.3) is 5.56 Å². The van der Waals surface area contributed by atoms with Crippen LogP contribution in [-0.4, -0.2) is 51.7 Å². The molecule has 0 amide bonds. The summed E-state index contributed by atoms with van der Waals surface area (Å²) in [4.78, 5) is 31.5. The molecule has 2 aromatic heterocycles. The molecule has 1 aliphatic rings. The van der Waals surface area contributed by atoms with Gasteiger partial charge in [-0.25, -0.2) is 13.4 Å². The average Bonchev–Trinajstić information content (AvgIpc) is 2.93. The van der Waals surface area contributed by atoms with E-state index in [0.29, 0.717) is 37.3 Å². The highest BCUT2D eigenvalue weighted by atomic mass is 32.2. The first-order valence-corrected chi connectivity index (χ1v) is 9.53. The molecule has 0 fully saturated rings. The predicted molar refractivity (Wildman–Crippen MR) is 87.9 cm³/mol. The summed E-state index contributed by atoms with van der Waals surface area (Å²) >= 11 is 0. The van der Waals surface area contributed by atoms with Crippen LogP contribution in [0, 0.1) is 0 Å². The van der Waals surface area contributed by atoms with Gasteiger partial charge >= 0.3 is 5.97 Å². The van der Waals surface area contributed by atoms with E-state index in [1.807, 2.05) is 11.0 Å². The Bertz CT molecular complexity index is 976. The zero-order valence-corrected chi connectivity index (χ0v) is 14.4. The fourth-order valence-electron chi connectivity index (χ4n) is 2.89. The first-order valence-electron chi connectivity index (χ1n) is 7.64. The minimum atomic E-state index is -3.57. The number of carboxylic acid groups (broad SMARTS) is 1. The largest absolute Gasteiger partial charge is 0.480 e. The highest BCUT2D eigenvalue weighted by Crippen LogP contribution is 2.17. The fourth-order valence-corrected chi connectivity index (χ4v) is 3.44. The van der Waals surface area contributed by atoms with Crippen molar-refractivity contribution in [1.82, 2.24) is 19.4 Å². The summed E-state index contributed by atoms with van der Waals surface area (Å²) in [6.45, 7) is 1.31. The summed E-state index contributed by atoms with van der Waals surface area (Å²) in [6.07, 6.45) is 3.17. The molecule has 0 bridgehead atoms. The second-order valence-electron chi connectivity index (χ2n) is 6.05. The van der Waals surface area contributed by atoms with Crippen molar-refractivity contribution in [2.45, 2.75) is 31.2 Å². The highest BCUT2D eigenvalue weighted by molar-refractivity contribution is 7.90. The molecule has 2 aromatic rings. The second kappa shape index (κ2) is 6.45. The van der Waals surface area contributed by atoms with Crippen LogP contribution in [0.1, 0.15) is 17.0 Å². The number of H-pyrrole nitrogens is 1. The Hall–Kier alpha value is -2.46. The van der Waals surface area contributed by atoms with Gasteiger partial charge in [0.05, 0.1) is 11.3 Å². The van der Waals surface area contributed by atoms with Crippen molar-refractivity contribution in [3.05, 3.63) is 45.6 Å². The maximum absolute atomic E-state index is 12.2. The second-order valence-corrected chi connectivity index (χ2v) is 7.98. The maximum atomic E-state index is 12.2. The molecule has 0 radical (unpaired) electrons. The van der Waals surface area contributed by atoms with E-state index < -0.39 is 21.4 Å². The SMILES string of the molecule is CS(=O)(=O)c1nc2c(c(=O)[nH]1)CN(Cc1cccn1CC(=O)O)CC2. The van der Waals surface area contributed by atoms with E-state index in [0.717, 1.165) is 11.9 Å². The number of sulfone groups is 1. The number of hydrogen-bond acceptors (Lipinski definition) is 6. The number of carbonyl (C=O) groups is 1.